The molecule has 2 amide bonds. The van der Waals surface area contributed by atoms with Crippen LogP contribution >= 0.6 is 11.6 Å². The van der Waals surface area contributed by atoms with Crippen LogP contribution in [0.4, 0.5) is 0 Å². The Morgan fingerprint density at radius 2 is 1.83 bits per heavy atom. The fourth-order valence-electron chi connectivity index (χ4n) is 4.25. The first-order chi connectivity index (χ1) is 14.6. The number of halogens is 1. The first-order valence-corrected chi connectivity index (χ1v) is 11.6. The van der Waals surface area contributed by atoms with Gasteiger partial charge in [0.05, 0.1) is 13.7 Å². The largest absolute Gasteiger partial charge is 0.493 e. The average molecular weight is 437 g/mol. The Balaban J connectivity index is 1.92. The minimum atomic E-state index is -0.725. The van der Waals surface area contributed by atoms with Gasteiger partial charge in [0.25, 0.3) is 0 Å². The van der Waals surface area contributed by atoms with Gasteiger partial charge in [-0.05, 0) is 50.3 Å². The number of hydrogen-bond acceptors (Lipinski definition) is 4. The second-order valence-electron chi connectivity index (χ2n) is 8.11. The Bertz CT molecular complexity index is 730. The highest BCUT2D eigenvalue weighted by molar-refractivity contribution is 6.27. The number of carbonyl (C=O) groups is 2. The number of carbonyl (C=O) groups excluding carboxylic acids is 2. The molecule has 2 fully saturated rings. The third kappa shape index (κ3) is 5.60. The lowest BCUT2D eigenvalue weighted by molar-refractivity contribution is -0.140. The lowest BCUT2D eigenvalue weighted by atomic mass is 10.0. The van der Waals surface area contributed by atoms with E-state index in [9.17, 15) is 9.59 Å². The van der Waals surface area contributed by atoms with Crippen molar-refractivity contribution in [2.45, 2.75) is 76.4 Å². The first-order valence-electron chi connectivity index (χ1n) is 11.1. The van der Waals surface area contributed by atoms with Crippen LogP contribution in [-0.2, 0) is 9.59 Å². The molecule has 1 N–H and O–H groups in total. The fourth-order valence-corrected chi connectivity index (χ4v) is 4.39. The Morgan fingerprint density at radius 1 is 1.13 bits per heavy atom. The van der Waals surface area contributed by atoms with Crippen molar-refractivity contribution in [3.05, 3.63) is 23.8 Å². The highest BCUT2D eigenvalue weighted by atomic mass is 35.5. The molecule has 166 valence electrons. The molecule has 2 saturated carbocycles. The summed E-state index contributed by atoms with van der Waals surface area (Å²) in [5, 5.41) is 3.23. The summed E-state index contributed by atoms with van der Waals surface area (Å²) in [6, 6.07) is 4.94. The van der Waals surface area contributed by atoms with E-state index in [1.54, 1.807) is 24.1 Å². The predicted octanol–water partition coefficient (Wildman–Crippen LogP) is 4.20. The van der Waals surface area contributed by atoms with Crippen LogP contribution < -0.4 is 14.8 Å². The van der Waals surface area contributed by atoms with E-state index in [0.29, 0.717) is 23.7 Å². The minimum Gasteiger partial charge on any atom is -0.493 e. The van der Waals surface area contributed by atoms with E-state index < -0.39 is 6.04 Å². The van der Waals surface area contributed by atoms with Gasteiger partial charge in [-0.1, -0.05) is 31.7 Å². The predicted molar refractivity (Wildman–Crippen MR) is 117 cm³/mol. The Morgan fingerprint density at radius 3 is 2.40 bits per heavy atom. The molecular formula is C23H33ClN2O4. The van der Waals surface area contributed by atoms with Crippen LogP contribution in [-0.4, -0.2) is 48.4 Å². The third-order valence-corrected chi connectivity index (χ3v) is 6.10. The minimum absolute atomic E-state index is 0.0543. The van der Waals surface area contributed by atoms with Crippen molar-refractivity contribution in [3.8, 4) is 11.5 Å². The highest BCUT2D eigenvalue weighted by Gasteiger charge is 2.41. The van der Waals surface area contributed by atoms with Crippen LogP contribution in [0.25, 0.3) is 0 Å². The highest BCUT2D eigenvalue weighted by Crippen LogP contribution is 2.38. The molecule has 6 nitrogen and oxygen atoms in total. The third-order valence-electron chi connectivity index (χ3n) is 5.87. The van der Waals surface area contributed by atoms with E-state index in [-0.39, 0.29) is 29.8 Å². The molecule has 7 heteroatoms. The van der Waals surface area contributed by atoms with Crippen LogP contribution in [0, 0.1) is 0 Å². The molecule has 1 aromatic carbocycles. The lowest BCUT2D eigenvalue weighted by Gasteiger charge is -2.32. The second kappa shape index (κ2) is 10.9. The van der Waals surface area contributed by atoms with E-state index in [1.807, 2.05) is 13.0 Å². The number of hydrogen-bond donors (Lipinski definition) is 1. The summed E-state index contributed by atoms with van der Waals surface area (Å²) >= 11 is 5.93. The number of methoxy groups -OCH3 is 1. The molecule has 3 rings (SSSR count). The molecule has 0 heterocycles. The van der Waals surface area contributed by atoms with Gasteiger partial charge < -0.3 is 19.7 Å². The van der Waals surface area contributed by atoms with Crippen molar-refractivity contribution in [3.63, 3.8) is 0 Å². The smallest absolute Gasteiger partial charge is 0.247 e. The topological polar surface area (TPSA) is 67.9 Å². The molecule has 0 radical (unpaired) electrons. The van der Waals surface area contributed by atoms with Crippen molar-refractivity contribution in [1.29, 1.82) is 0 Å². The van der Waals surface area contributed by atoms with Crippen molar-refractivity contribution in [2.75, 3.05) is 19.6 Å². The summed E-state index contributed by atoms with van der Waals surface area (Å²) in [7, 11) is 1.57. The maximum absolute atomic E-state index is 13.5. The summed E-state index contributed by atoms with van der Waals surface area (Å²) in [5.74, 6) is 0.674. The number of ether oxygens (including phenoxy) is 2. The molecule has 2 aliphatic carbocycles. The van der Waals surface area contributed by atoms with Gasteiger partial charge in [-0.25, -0.2) is 0 Å². The van der Waals surface area contributed by atoms with Gasteiger partial charge in [-0.3, -0.25) is 9.59 Å². The maximum Gasteiger partial charge on any atom is 0.247 e. The van der Waals surface area contributed by atoms with Crippen LogP contribution in [0.2, 0.25) is 0 Å². The molecule has 2 aliphatic rings. The molecule has 30 heavy (non-hydrogen) atoms. The normalized spacial score (nSPS) is 18.2. The number of nitrogens with zero attached hydrogens (tertiary/aromatic N) is 1. The van der Waals surface area contributed by atoms with Crippen molar-refractivity contribution < 1.29 is 19.1 Å². The summed E-state index contributed by atoms with van der Waals surface area (Å²) in [6.07, 6.45) is 8.43. The molecule has 0 aliphatic heterocycles. The SMILES string of the molecule is CCOc1ccc([C@@H](C(=O)NC2CCCCCC2)N(C(=O)CCl)C2CC2)cc1OC. The van der Waals surface area contributed by atoms with Crippen molar-refractivity contribution >= 4 is 23.4 Å². The quantitative estimate of drug-likeness (QED) is 0.465. The van der Waals surface area contributed by atoms with Crippen molar-refractivity contribution in [1.82, 2.24) is 10.2 Å². The molecular weight excluding hydrogens is 404 g/mol. The average Bonchev–Trinajstić information content (AvgIpc) is 3.60. The molecule has 1 aromatic rings. The van der Waals surface area contributed by atoms with Gasteiger partial charge in [0, 0.05) is 12.1 Å². The molecule has 1 atom stereocenters. The number of nitrogens with one attached hydrogen (secondary N) is 1. The first kappa shape index (κ1) is 22.7. The van der Waals surface area contributed by atoms with Crippen LogP contribution in [0.15, 0.2) is 18.2 Å². The lowest BCUT2D eigenvalue weighted by Crippen LogP contribution is -2.47. The van der Waals surface area contributed by atoms with Crippen LogP contribution in [0.3, 0.4) is 0 Å². The fraction of sp³-hybridized carbons (Fsp3) is 0.652. The number of alkyl halides is 1. The van der Waals surface area contributed by atoms with Gasteiger partial charge in [0.15, 0.2) is 11.5 Å². The summed E-state index contributed by atoms with van der Waals surface area (Å²) < 4.78 is 11.1. The molecule has 0 aromatic heterocycles. The van der Waals surface area contributed by atoms with E-state index in [0.717, 1.165) is 38.5 Å². The Hall–Kier alpha value is -1.95. The van der Waals surface area contributed by atoms with Crippen LogP contribution in [0.5, 0.6) is 11.5 Å². The Labute approximate surface area is 184 Å². The van der Waals surface area contributed by atoms with Gasteiger partial charge in [0.2, 0.25) is 11.8 Å². The van der Waals surface area contributed by atoms with E-state index in [1.165, 1.54) is 12.8 Å². The standard InChI is InChI=1S/C23H33ClN2O4/c1-3-30-19-13-10-16(14-20(19)29-2)22(26(18-11-12-18)21(27)15-24)23(28)25-17-8-6-4-5-7-9-17/h10,13-14,17-18,22H,3-9,11-12,15H2,1-2H3,(H,25,28)/t22-/m0/s1. The van der Waals surface area contributed by atoms with E-state index >= 15 is 0 Å². The monoisotopic (exact) mass is 436 g/mol. The van der Waals surface area contributed by atoms with Gasteiger partial charge in [-0.2, -0.15) is 0 Å². The Kier molecular flexibility index (Phi) is 8.25. The maximum atomic E-state index is 13.5. The zero-order valence-electron chi connectivity index (χ0n) is 18.0. The van der Waals surface area contributed by atoms with E-state index in [2.05, 4.69) is 5.32 Å². The number of benzene rings is 1. The van der Waals surface area contributed by atoms with Gasteiger partial charge in [0.1, 0.15) is 11.9 Å². The molecule has 0 saturated heterocycles. The summed E-state index contributed by atoms with van der Waals surface area (Å²) in [4.78, 5) is 27.9. The number of amides is 2. The second-order valence-corrected chi connectivity index (χ2v) is 8.38. The zero-order valence-corrected chi connectivity index (χ0v) is 18.7. The summed E-state index contributed by atoms with van der Waals surface area (Å²) in [5.41, 5.74) is 0.715. The molecule has 0 unspecified atom stereocenters. The zero-order chi connectivity index (χ0) is 21.5. The van der Waals surface area contributed by atoms with Crippen LogP contribution in [0.1, 0.15) is 69.9 Å². The van der Waals surface area contributed by atoms with Gasteiger partial charge >= 0.3 is 0 Å². The van der Waals surface area contributed by atoms with Crippen molar-refractivity contribution in [2.24, 2.45) is 0 Å². The summed E-state index contributed by atoms with van der Waals surface area (Å²) in [6.45, 7) is 2.42. The van der Waals surface area contributed by atoms with Gasteiger partial charge in [-0.15, -0.1) is 11.6 Å². The molecule has 0 spiro atoms. The molecule has 0 bridgehead atoms. The number of rotatable bonds is 9. The van der Waals surface area contributed by atoms with E-state index in [4.69, 9.17) is 21.1 Å².